The van der Waals surface area contributed by atoms with Gasteiger partial charge >= 0.3 is 0 Å². The quantitative estimate of drug-likeness (QED) is 0.659. The fraction of sp³-hybridized carbons (Fsp3) is 0.556. The molecule has 5 aliphatic rings. The van der Waals surface area contributed by atoms with E-state index in [1.54, 1.807) is 0 Å². The minimum Gasteiger partial charge on any atom is -0.490 e. The lowest BCUT2D eigenvalue weighted by Gasteiger charge is -2.42. The van der Waals surface area contributed by atoms with E-state index in [-0.39, 0.29) is 12.0 Å². The van der Waals surface area contributed by atoms with Crippen LogP contribution in [0.25, 0.3) is 0 Å². The highest BCUT2D eigenvalue weighted by molar-refractivity contribution is 6.31. The molecule has 1 aliphatic heterocycles. The van der Waals surface area contributed by atoms with Crippen molar-refractivity contribution in [1.82, 2.24) is 0 Å². The van der Waals surface area contributed by atoms with Crippen molar-refractivity contribution in [3.63, 3.8) is 0 Å². The van der Waals surface area contributed by atoms with E-state index in [4.69, 9.17) is 21.1 Å². The van der Waals surface area contributed by atoms with Crippen LogP contribution in [0.4, 0.5) is 0 Å². The average molecular weight is 455 g/mol. The molecule has 4 nitrogen and oxygen atoms in total. The Bertz CT molecular complexity index is 990. The van der Waals surface area contributed by atoms with E-state index in [0.29, 0.717) is 17.5 Å². The molecule has 0 radical (unpaired) electrons. The van der Waals surface area contributed by atoms with E-state index in [1.807, 2.05) is 32.0 Å². The maximum atomic E-state index is 10.7. The van der Waals surface area contributed by atoms with Gasteiger partial charge in [-0.3, -0.25) is 0 Å². The lowest BCUT2D eigenvalue weighted by Crippen LogP contribution is -2.49. The van der Waals surface area contributed by atoms with Crippen molar-refractivity contribution in [3.05, 3.63) is 64.2 Å². The second-order valence-corrected chi connectivity index (χ2v) is 10.7. The molecule has 7 rings (SSSR count). The molecule has 4 saturated carbocycles. The summed E-state index contributed by atoms with van der Waals surface area (Å²) in [5, 5.41) is 22.0. The Labute approximate surface area is 194 Å². The minimum atomic E-state index is -0.954. The van der Waals surface area contributed by atoms with E-state index >= 15 is 0 Å². The molecular formula is C27H31ClO4. The van der Waals surface area contributed by atoms with E-state index in [2.05, 4.69) is 24.3 Å². The van der Waals surface area contributed by atoms with Gasteiger partial charge in [-0.05, 0) is 78.8 Å². The van der Waals surface area contributed by atoms with Gasteiger partial charge in [0.1, 0.15) is 24.1 Å². The topological polar surface area (TPSA) is 58.9 Å². The number of benzene rings is 2. The zero-order chi connectivity index (χ0) is 22.1. The molecule has 2 aromatic rings. The summed E-state index contributed by atoms with van der Waals surface area (Å²) in [7, 11) is 0. The van der Waals surface area contributed by atoms with Crippen LogP contribution in [0.2, 0.25) is 5.02 Å². The summed E-state index contributed by atoms with van der Waals surface area (Å²) >= 11 is 6.51. The predicted octanol–water partition coefficient (Wildman–Crippen LogP) is 4.78. The second kappa shape index (κ2) is 7.73. The number of aliphatic hydroxyl groups is 2. The Morgan fingerprint density at radius 1 is 1.03 bits per heavy atom. The van der Waals surface area contributed by atoms with Crippen LogP contribution in [-0.2, 0) is 11.2 Å². The lowest BCUT2D eigenvalue weighted by atomic mass is 9.83. The minimum absolute atomic E-state index is 0.0646. The Hall–Kier alpha value is -1.59. The summed E-state index contributed by atoms with van der Waals surface area (Å²) in [4.78, 5) is 0. The number of fused-ring (bicyclic) bond motifs is 1. The number of halogens is 1. The van der Waals surface area contributed by atoms with E-state index < -0.39 is 18.3 Å². The third kappa shape index (κ3) is 3.38. The van der Waals surface area contributed by atoms with Gasteiger partial charge in [0.05, 0.1) is 12.2 Å². The highest BCUT2D eigenvalue weighted by atomic mass is 35.5. The van der Waals surface area contributed by atoms with Crippen molar-refractivity contribution < 1.29 is 19.7 Å². The summed E-state index contributed by atoms with van der Waals surface area (Å²) in [5.41, 5.74) is 2.98. The van der Waals surface area contributed by atoms with Crippen molar-refractivity contribution >= 4 is 11.6 Å². The molecule has 0 aromatic heterocycles. The molecule has 8 atom stereocenters. The largest absolute Gasteiger partial charge is 0.490 e. The van der Waals surface area contributed by atoms with Gasteiger partial charge in [-0.2, -0.15) is 0 Å². The van der Waals surface area contributed by atoms with Crippen LogP contribution in [0.5, 0.6) is 5.75 Å². The van der Waals surface area contributed by atoms with Crippen LogP contribution in [0, 0.1) is 29.6 Å². The first-order valence-electron chi connectivity index (χ1n) is 12.0. The Morgan fingerprint density at radius 3 is 2.44 bits per heavy atom. The van der Waals surface area contributed by atoms with Crippen molar-refractivity contribution in [3.8, 4) is 5.75 Å². The number of ether oxygens (including phenoxy) is 2. The van der Waals surface area contributed by atoms with Crippen molar-refractivity contribution in [2.75, 3.05) is 0 Å². The fourth-order valence-corrected chi connectivity index (χ4v) is 6.74. The molecule has 5 fully saturated rings. The third-order valence-corrected chi connectivity index (χ3v) is 8.88. The molecule has 170 valence electrons. The van der Waals surface area contributed by atoms with Gasteiger partial charge in [-0.15, -0.1) is 0 Å². The maximum absolute atomic E-state index is 10.7. The van der Waals surface area contributed by atoms with Crippen molar-refractivity contribution in [1.29, 1.82) is 0 Å². The van der Waals surface area contributed by atoms with Gasteiger partial charge in [-0.25, -0.2) is 0 Å². The number of hydrogen-bond donors (Lipinski definition) is 2. The molecular weight excluding hydrogens is 424 g/mol. The molecule has 1 saturated heterocycles. The number of aliphatic hydroxyl groups excluding tert-OH is 2. The lowest BCUT2D eigenvalue weighted by molar-refractivity contribution is -0.198. The van der Waals surface area contributed by atoms with Gasteiger partial charge in [0, 0.05) is 16.9 Å². The van der Waals surface area contributed by atoms with Crippen LogP contribution < -0.4 is 4.74 Å². The van der Waals surface area contributed by atoms with E-state index in [1.165, 1.54) is 6.42 Å². The molecule has 0 spiro atoms. The van der Waals surface area contributed by atoms with Crippen molar-refractivity contribution in [2.45, 2.75) is 63.6 Å². The van der Waals surface area contributed by atoms with Gasteiger partial charge in [0.15, 0.2) is 0 Å². The molecule has 8 unspecified atom stereocenters. The van der Waals surface area contributed by atoms with Crippen molar-refractivity contribution in [2.24, 2.45) is 29.6 Å². The summed E-state index contributed by atoms with van der Waals surface area (Å²) in [5.74, 6) is 4.70. The number of hydrogen-bond acceptors (Lipinski definition) is 4. The summed E-state index contributed by atoms with van der Waals surface area (Å²) in [6.45, 7) is 3.97. The highest BCUT2D eigenvalue weighted by Crippen LogP contribution is 2.82. The van der Waals surface area contributed by atoms with Gasteiger partial charge in [0.25, 0.3) is 0 Å². The third-order valence-electron chi connectivity index (χ3n) is 8.51. The molecule has 4 aliphatic carbocycles. The first kappa shape index (κ1) is 21.0. The normalized spacial score (nSPS) is 41.3. The SMILES string of the molecule is CCC1C(C)OC(c2ccc(Cl)c(Cc3ccc(OC4CC5C6C4C56)cc3)c2)C(O)C1O. The summed E-state index contributed by atoms with van der Waals surface area (Å²) < 4.78 is 12.4. The van der Waals surface area contributed by atoms with Crippen LogP contribution in [0.15, 0.2) is 42.5 Å². The highest BCUT2D eigenvalue weighted by Gasteiger charge is 2.81. The predicted molar refractivity (Wildman–Crippen MR) is 123 cm³/mol. The van der Waals surface area contributed by atoms with Crippen LogP contribution in [0.3, 0.4) is 0 Å². The first-order chi connectivity index (χ1) is 15.5. The Kier molecular flexibility index (Phi) is 5.07. The monoisotopic (exact) mass is 454 g/mol. The molecule has 32 heavy (non-hydrogen) atoms. The van der Waals surface area contributed by atoms with E-state index in [9.17, 15) is 10.2 Å². The molecule has 2 N–H and O–H groups in total. The average Bonchev–Trinajstić information content (AvgIpc) is 3.61. The zero-order valence-electron chi connectivity index (χ0n) is 18.5. The number of rotatable bonds is 6. The zero-order valence-corrected chi connectivity index (χ0v) is 19.3. The Morgan fingerprint density at radius 2 is 1.78 bits per heavy atom. The molecule has 2 aromatic carbocycles. The first-order valence-corrected chi connectivity index (χ1v) is 12.4. The second-order valence-electron chi connectivity index (χ2n) is 10.3. The van der Waals surface area contributed by atoms with Gasteiger partial charge in [-0.1, -0.05) is 42.8 Å². The summed E-state index contributed by atoms with van der Waals surface area (Å²) in [6, 6.07) is 14.1. The fourth-order valence-electron chi connectivity index (χ4n) is 6.56. The van der Waals surface area contributed by atoms with Crippen LogP contribution in [0.1, 0.15) is 49.5 Å². The van der Waals surface area contributed by atoms with Crippen LogP contribution in [-0.4, -0.2) is 34.6 Å². The molecule has 2 bridgehead atoms. The molecule has 0 amide bonds. The standard InChI is InChI=1S/C27H31ClO4/c1-3-18-13(2)31-27(26(30)25(18)29)15-6-9-20(28)16(11-15)10-14-4-7-17(8-5-14)32-21-12-19-22-23(19)24(21)22/h4-9,11,13,18-19,21-27,29-30H,3,10,12H2,1-2H3. The van der Waals surface area contributed by atoms with Gasteiger partial charge < -0.3 is 19.7 Å². The van der Waals surface area contributed by atoms with Crippen LogP contribution >= 0.6 is 11.6 Å². The molecule has 1 heterocycles. The van der Waals surface area contributed by atoms with E-state index in [0.717, 1.165) is 52.5 Å². The summed E-state index contributed by atoms with van der Waals surface area (Å²) in [6.07, 6.45) is 0.685. The Balaban J connectivity index is 1.15. The molecule has 5 heteroatoms. The maximum Gasteiger partial charge on any atom is 0.119 e. The smallest absolute Gasteiger partial charge is 0.119 e. The van der Waals surface area contributed by atoms with Gasteiger partial charge in [0.2, 0.25) is 0 Å².